The second kappa shape index (κ2) is 7.41. The van der Waals surface area contributed by atoms with Crippen LogP contribution >= 0.6 is 0 Å². The van der Waals surface area contributed by atoms with Crippen LogP contribution in [-0.2, 0) is 7.05 Å². The lowest BCUT2D eigenvalue weighted by atomic mass is 10.1. The molecule has 9 nitrogen and oxygen atoms in total. The van der Waals surface area contributed by atoms with Gasteiger partial charge in [0.25, 0.3) is 5.91 Å². The lowest BCUT2D eigenvalue weighted by molar-refractivity contribution is 0.102. The van der Waals surface area contributed by atoms with Crippen molar-refractivity contribution >= 4 is 17.4 Å². The zero-order valence-corrected chi connectivity index (χ0v) is 16.3. The number of fused-ring (bicyclic) bond motifs is 1. The van der Waals surface area contributed by atoms with Gasteiger partial charge in [-0.2, -0.15) is 10.2 Å². The Hall–Kier alpha value is -4.47. The molecule has 0 bridgehead atoms. The van der Waals surface area contributed by atoms with Crippen molar-refractivity contribution in [2.45, 2.75) is 0 Å². The zero-order chi connectivity index (χ0) is 21.4. The fourth-order valence-corrected chi connectivity index (χ4v) is 3.18. The molecule has 0 radical (unpaired) electrons. The summed E-state index contributed by atoms with van der Waals surface area (Å²) in [6, 6.07) is 9.76. The topological polar surface area (TPSA) is 103 Å². The molecular weight excluding hydrogens is 399 g/mol. The Kier molecular flexibility index (Phi) is 4.43. The smallest absolute Gasteiger partial charge is 0.277 e. The van der Waals surface area contributed by atoms with Crippen LogP contribution in [0.15, 0.2) is 67.4 Å². The molecule has 0 spiro atoms. The molecule has 0 saturated carbocycles. The maximum absolute atomic E-state index is 13.3. The number of anilines is 1. The normalized spacial score (nSPS) is 11.0. The van der Waals surface area contributed by atoms with Gasteiger partial charge in [0.2, 0.25) is 0 Å². The van der Waals surface area contributed by atoms with Gasteiger partial charge in [-0.3, -0.25) is 14.5 Å². The molecule has 1 aromatic carbocycles. The number of benzene rings is 1. The summed E-state index contributed by atoms with van der Waals surface area (Å²) in [6.07, 6.45) is 7.77. The summed E-state index contributed by atoms with van der Waals surface area (Å²) >= 11 is 0. The highest BCUT2D eigenvalue weighted by atomic mass is 19.1. The lowest BCUT2D eigenvalue weighted by Gasteiger charge is -2.03. The van der Waals surface area contributed by atoms with Crippen molar-refractivity contribution in [1.82, 2.24) is 34.3 Å². The van der Waals surface area contributed by atoms with Crippen LogP contribution in [0, 0.1) is 5.82 Å². The minimum Gasteiger partial charge on any atom is -0.304 e. The first-order valence-corrected chi connectivity index (χ1v) is 9.30. The predicted molar refractivity (Wildman–Crippen MR) is 111 cm³/mol. The van der Waals surface area contributed by atoms with Crippen LogP contribution in [0.4, 0.5) is 10.2 Å². The van der Waals surface area contributed by atoms with Crippen LogP contribution in [0.3, 0.4) is 0 Å². The van der Waals surface area contributed by atoms with Crippen molar-refractivity contribution < 1.29 is 9.18 Å². The number of aryl methyl sites for hydroxylation is 1. The van der Waals surface area contributed by atoms with Crippen molar-refractivity contribution in [2.75, 3.05) is 5.32 Å². The van der Waals surface area contributed by atoms with Crippen LogP contribution in [0.1, 0.15) is 10.5 Å². The number of imidazole rings is 1. The summed E-state index contributed by atoms with van der Waals surface area (Å²) in [6.45, 7) is 0. The number of amides is 1. The minimum atomic E-state index is -0.414. The van der Waals surface area contributed by atoms with E-state index in [2.05, 4.69) is 30.5 Å². The number of halogens is 1. The maximum Gasteiger partial charge on any atom is 0.277 e. The lowest BCUT2D eigenvalue weighted by Crippen LogP contribution is -2.13. The summed E-state index contributed by atoms with van der Waals surface area (Å²) in [5.41, 5.74) is 3.66. The van der Waals surface area contributed by atoms with Crippen LogP contribution < -0.4 is 5.32 Å². The van der Waals surface area contributed by atoms with Crippen molar-refractivity contribution in [3.8, 4) is 22.5 Å². The van der Waals surface area contributed by atoms with E-state index in [9.17, 15) is 9.18 Å². The predicted octanol–water partition coefficient (Wildman–Crippen LogP) is 2.98. The van der Waals surface area contributed by atoms with Gasteiger partial charge in [0.05, 0.1) is 18.1 Å². The average molecular weight is 414 g/mol. The largest absolute Gasteiger partial charge is 0.304 e. The molecule has 0 aliphatic rings. The summed E-state index contributed by atoms with van der Waals surface area (Å²) in [5, 5.41) is 11.8. The number of nitrogens with zero attached hydrogens (tertiary/aromatic N) is 7. The molecule has 1 amide bonds. The van der Waals surface area contributed by atoms with Gasteiger partial charge in [-0.25, -0.2) is 18.9 Å². The first-order chi connectivity index (χ1) is 15.1. The fraction of sp³-hybridized carbons (Fsp3) is 0.0476. The molecule has 0 fully saturated rings. The quantitative estimate of drug-likeness (QED) is 0.485. The highest BCUT2D eigenvalue weighted by Crippen LogP contribution is 2.30. The Morgan fingerprint density at radius 3 is 2.65 bits per heavy atom. The van der Waals surface area contributed by atoms with Gasteiger partial charge in [0.1, 0.15) is 17.2 Å². The molecule has 1 N–H and O–H groups in total. The van der Waals surface area contributed by atoms with Gasteiger partial charge in [-0.05, 0) is 36.4 Å². The first kappa shape index (κ1) is 18.6. The Bertz CT molecular complexity index is 1390. The van der Waals surface area contributed by atoms with E-state index in [-0.39, 0.29) is 11.5 Å². The molecule has 0 atom stereocenters. The maximum atomic E-state index is 13.3. The molecule has 5 rings (SSSR count). The molecule has 5 aromatic rings. The summed E-state index contributed by atoms with van der Waals surface area (Å²) in [4.78, 5) is 24.5. The molecule has 10 heteroatoms. The van der Waals surface area contributed by atoms with Gasteiger partial charge in [-0.15, -0.1) is 0 Å². The van der Waals surface area contributed by atoms with Gasteiger partial charge in [-0.1, -0.05) is 0 Å². The SMILES string of the molecule is Cn1cc(-c2ccc3nc(NC(=O)c4cnccn4)cn3n2)c(-c2ccc(F)cc2)n1. The van der Waals surface area contributed by atoms with E-state index >= 15 is 0 Å². The number of carbonyl (C=O) groups excluding carboxylic acids is 1. The Balaban J connectivity index is 1.49. The van der Waals surface area contributed by atoms with Gasteiger partial charge >= 0.3 is 0 Å². The monoisotopic (exact) mass is 414 g/mol. The molecule has 4 heterocycles. The molecule has 152 valence electrons. The van der Waals surface area contributed by atoms with Crippen LogP contribution in [0.25, 0.3) is 28.2 Å². The van der Waals surface area contributed by atoms with E-state index in [0.29, 0.717) is 22.9 Å². The second-order valence-electron chi connectivity index (χ2n) is 6.76. The van der Waals surface area contributed by atoms with Crippen molar-refractivity contribution in [3.63, 3.8) is 0 Å². The van der Waals surface area contributed by atoms with Crippen LogP contribution in [-0.4, -0.2) is 40.3 Å². The highest BCUT2D eigenvalue weighted by Gasteiger charge is 2.16. The van der Waals surface area contributed by atoms with E-state index in [1.807, 2.05) is 19.3 Å². The molecule has 31 heavy (non-hydrogen) atoms. The number of aromatic nitrogens is 7. The van der Waals surface area contributed by atoms with Crippen LogP contribution in [0.2, 0.25) is 0 Å². The fourth-order valence-electron chi connectivity index (χ4n) is 3.18. The number of nitrogens with one attached hydrogen (secondary N) is 1. The van der Waals surface area contributed by atoms with Crippen molar-refractivity contribution in [2.24, 2.45) is 7.05 Å². The van der Waals surface area contributed by atoms with E-state index in [4.69, 9.17) is 0 Å². The Morgan fingerprint density at radius 2 is 1.87 bits per heavy atom. The molecular formula is C21H15FN8O. The van der Waals surface area contributed by atoms with Gasteiger partial charge < -0.3 is 5.32 Å². The highest BCUT2D eigenvalue weighted by molar-refractivity contribution is 6.02. The third-order valence-corrected chi connectivity index (χ3v) is 4.58. The third kappa shape index (κ3) is 3.62. The summed E-state index contributed by atoms with van der Waals surface area (Å²) in [5.74, 6) is -0.386. The molecule has 0 aliphatic heterocycles. The molecule has 0 aliphatic carbocycles. The van der Waals surface area contributed by atoms with E-state index in [1.54, 1.807) is 33.6 Å². The third-order valence-electron chi connectivity index (χ3n) is 4.58. The number of carbonyl (C=O) groups is 1. The molecule has 0 unspecified atom stereocenters. The van der Waals surface area contributed by atoms with E-state index in [0.717, 1.165) is 11.1 Å². The summed E-state index contributed by atoms with van der Waals surface area (Å²) < 4.78 is 16.6. The Morgan fingerprint density at radius 1 is 1.03 bits per heavy atom. The number of rotatable bonds is 4. The number of hydrogen-bond acceptors (Lipinski definition) is 6. The van der Waals surface area contributed by atoms with Crippen molar-refractivity contribution in [3.05, 3.63) is 78.9 Å². The van der Waals surface area contributed by atoms with Crippen molar-refractivity contribution in [1.29, 1.82) is 0 Å². The van der Waals surface area contributed by atoms with E-state index < -0.39 is 5.91 Å². The van der Waals surface area contributed by atoms with Gasteiger partial charge in [0, 0.05) is 36.8 Å². The average Bonchev–Trinajstić information content (AvgIpc) is 3.37. The molecule has 4 aromatic heterocycles. The standard InChI is InChI=1S/C21H15FN8O/c1-29-11-15(20(28-29)13-2-4-14(22)5-3-13)16-6-7-19-25-18(12-30(19)27-16)26-21(31)17-10-23-8-9-24-17/h2-12H,1H3,(H,26,31). The first-order valence-electron chi connectivity index (χ1n) is 9.30. The second-order valence-corrected chi connectivity index (χ2v) is 6.76. The Labute approximate surface area is 175 Å². The van der Waals surface area contributed by atoms with Gasteiger partial charge in [0.15, 0.2) is 11.5 Å². The summed E-state index contributed by atoms with van der Waals surface area (Å²) in [7, 11) is 1.81. The van der Waals surface area contributed by atoms with E-state index in [1.165, 1.54) is 30.7 Å². The minimum absolute atomic E-state index is 0.188. The van der Waals surface area contributed by atoms with Crippen LogP contribution in [0.5, 0.6) is 0 Å². The molecule has 0 saturated heterocycles. The number of hydrogen-bond donors (Lipinski definition) is 1. The zero-order valence-electron chi connectivity index (χ0n) is 16.3.